The SMILES string of the molecule is CN(C)C(=O)NN(C(=O)O)C(C)(C)Cc1ccccc1. The molecule has 6 nitrogen and oxygen atoms in total. The molecule has 0 heterocycles. The molecule has 1 aromatic rings. The fourth-order valence-corrected chi connectivity index (χ4v) is 1.83. The number of hydrogen-bond acceptors (Lipinski definition) is 2. The lowest BCUT2D eigenvalue weighted by atomic mass is 9.94. The van der Waals surface area contributed by atoms with E-state index in [4.69, 9.17) is 0 Å². The number of urea groups is 1. The Morgan fingerprint density at radius 3 is 2.20 bits per heavy atom. The van der Waals surface area contributed by atoms with Gasteiger partial charge in [-0.25, -0.2) is 20.0 Å². The molecule has 0 unspecified atom stereocenters. The van der Waals surface area contributed by atoms with Gasteiger partial charge < -0.3 is 10.0 Å². The Labute approximate surface area is 119 Å². The number of benzene rings is 1. The fourth-order valence-electron chi connectivity index (χ4n) is 1.83. The summed E-state index contributed by atoms with van der Waals surface area (Å²) in [6.45, 7) is 3.54. The third-order valence-electron chi connectivity index (χ3n) is 2.89. The van der Waals surface area contributed by atoms with Gasteiger partial charge in [-0.15, -0.1) is 0 Å². The average molecular weight is 279 g/mol. The van der Waals surface area contributed by atoms with Gasteiger partial charge in [0.25, 0.3) is 0 Å². The molecule has 0 saturated carbocycles. The Hall–Kier alpha value is -2.24. The molecule has 2 N–H and O–H groups in total. The molecule has 110 valence electrons. The first kappa shape index (κ1) is 15.8. The van der Waals surface area contributed by atoms with Gasteiger partial charge in [-0.3, -0.25) is 0 Å². The molecule has 0 aliphatic carbocycles. The third-order valence-corrected chi connectivity index (χ3v) is 2.89. The van der Waals surface area contributed by atoms with E-state index in [9.17, 15) is 14.7 Å². The van der Waals surface area contributed by atoms with E-state index in [1.54, 1.807) is 27.9 Å². The van der Waals surface area contributed by atoms with Crippen LogP contribution in [0.25, 0.3) is 0 Å². The molecule has 3 amide bonds. The smallest absolute Gasteiger partial charge is 0.426 e. The Balaban J connectivity index is 2.89. The summed E-state index contributed by atoms with van der Waals surface area (Å²) in [6, 6.07) is 9.07. The first-order valence-electron chi connectivity index (χ1n) is 6.29. The molecule has 0 aliphatic rings. The molecule has 0 aromatic heterocycles. The minimum atomic E-state index is -1.19. The zero-order chi connectivity index (χ0) is 15.3. The molecule has 1 rings (SSSR count). The van der Waals surface area contributed by atoms with Gasteiger partial charge in [0.2, 0.25) is 0 Å². The van der Waals surface area contributed by atoms with Crippen molar-refractivity contribution < 1.29 is 14.7 Å². The van der Waals surface area contributed by atoms with Crippen molar-refractivity contribution >= 4 is 12.1 Å². The minimum Gasteiger partial charge on any atom is -0.464 e. The van der Waals surface area contributed by atoms with Gasteiger partial charge in [-0.1, -0.05) is 30.3 Å². The van der Waals surface area contributed by atoms with Gasteiger partial charge in [0, 0.05) is 14.1 Å². The van der Waals surface area contributed by atoms with Gasteiger partial charge >= 0.3 is 12.1 Å². The summed E-state index contributed by atoms with van der Waals surface area (Å²) in [4.78, 5) is 24.3. The third kappa shape index (κ3) is 4.15. The van der Waals surface area contributed by atoms with Crippen molar-refractivity contribution in [2.75, 3.05) is 14.1 Å². The summed E-state index contributed by atoms with van der Waals surface area (Å²) in [5.74, 6) is 0. The van der Waals surface area contributed by atoms with E-state index in [1.165, 1.54) is 4.90 Å². The van der Waals surface area contributed by atoms with Gasteiger partial charge in [0.1, 0.15) is 0 Å². The van der Waals surface area contributed by atoms with Crippen LogP contribution in [-0.2, 0) is 6.42 Å². The summed E-state index contributed by atoms with van der Waals surface area (Å²) >= 11 is 0. The first-order valence-corrected chi connectivity index (χ1v) is 6.29. The van der Waals surface area contributed by atoms with E-state index in [1.807, 2.05) is 30.3 Å². The largest absolute Gasteiger partial charge is 0.464 e. The van der Waals surface area contributed by atoms with Crippen LogP contribution in [0.4, 0.5) is 9.59 Å². The molecule has 0 aliphatic heterocycles. The molecule has 0 bridgehead atoms. The zero-order valence-corrected chi connectivity index (χ0v) is 12.3. The molecule has 0 saturated heterocycles. The maximum absolute atomic E-state index is 11.7. The summed E-state index contributed by atoms with van der Waals surface area (Å²) in [6.07, 6.45) is -0.699. The molecule has 0 fully saturated rings. The second-order valence-electron chi connectivity index (χ2n) is 5.40. The van der Waals surface area contributed by atoms with Crippen molar-refractivity contribution in [3.05, 3.63) is 35.9 Å². The van der Waals surface area contributed by atoms with Crippen molar-refractivity contribution in [1.29, 1.82) is 0 Å². The van der Waals surface area contributed by atoms with Crippen LogP contribution >= 0.6 is 0 Å². The molecule has 6 heteroatoms. The Morgan fingerprint density at radius 1 is 1.20 bits per heavy atom. The van der Waals surface area contributed by atoms with Crippen LogP contribution in [-0.4, -0.2) is 46.8 Å². The average Bonchev–Trinajstić information content (AvgIpc) is 2.35. The van der Waals surface area contributed by atoms with Crippen LogP contribution in [0.1, 0.15) is 19.4 Å². The van der Waals surface area contributed by atoms with Crippen molar-refractivity contribution in [2.24, 2.45) is 0 Å². The van der Waals surface area contributed by atoms with E-state index >= 15 is 0 Å². The number of carbonyl (C=O) groups is 2. The highest BCUT2D eigenvalue weighted by Gasteiger charge is 2.33. The summed E-state index contributed by atoms with van der Waals surface area (Å²) in [5.41, 5.74) is 2.63. The number of hydrogen-bond donors (Lipinski definition) is 2. The number of carbonyl (C=O) groups excluding carboxylic acids is 1. The standard InChI is InChI=1S/C14H21N3O3/c1-14(2,10-11-8-6-5-7-9-11)17(13(19)20)15-12(18)16(3)4/h5-9H,10H2,1-4H3,(H,15,18)(H,19,20). The molecular formula is C14H21N3O3. The maximum Gasteiger partial charge on any atom is 0.426 e. The predicted octanol–water partition coefficient (Wildman–Crippen LogP) is 2.17. The topological polar surface area (TPSA) is 72.9 Å². The minimum absolute atomic E-state index is 0.478. The molecule has 1 aromatic carbocycles. The highest BCUT2D eigenvalue weighted by Crippen LogP contribution is 2.19. The normalized spacial score (nSPS) is 10.8. The second-order valence-corrected chi connectivity index (χ2v) is 5.40. The molecule has 0 radical (unpaired) electrons. The highest BCUT2D eigenvalue weighted by atomic mass is 16.4. The summed E-state index contributed by atoms with van der Waals surface area (Å²) in [5, 5.41) is 10.3. The molecule has 20 heavy (non-hydrogen) atoms. The van der Waals surface area contributed by atoms with Gasteiger partial charge in [0.05, 0.1) is 5.54 Å². The van der Waals surface area contributed by atoms with Crippen LogP contribution in [0.3, 0.4) is 0 Å². The lowest BCUT2D eigenvalue weighted by molar-refractivity contribution is 0.0597. The van der Waals surface area contributed by atoms with Gasteiger partial charge in [-0.05, 0) is 25.8 Å². The molecular weight excluding hydrogens is 258 g/mol. The van der Waals surface area contributed by atoms with Crippen molar-refractivity contribution in [3.8, 4) is 0 Å². The number of nitrogens with zero attached hydrogens (tertiary/aromatic N) is 2. The lowest BCUT2D eigenvalue weighted by Gasteiger charge is -2.36. The summed E-state index contributed by atoms with van der Waals surface area (Å²) in [7, 11) is 3.11. The Morgan fingerprint density at radius 2 is 1.75 bits per heavy atom. The van der Waals surface area contributed by atoms with Gasteiger partial charge in [0.15, 0.2) is 0 Å². The molecule has 0 spiro atoms. The van der Waals surface area contributed by atoms with E-state index in [2.05, 4.69) is 5.43 Å². The Kier molecular flexibility index (Phi) is 4.96. The van der Waals surface area contributed by atoms with E-state index in [0.717, 1.165) is 10.6 Å². The molecule has 0 atom stereocenters. The van der Waals surface area contributed by atoms with Crippen LogP contribution in [0, 0.1) is 0 Å². The zero-order valence-electron chi connectivity index (χ0n) is 12.3. The van der Waals surface area contributed by atoms with Crippen LogP contribution in [0.2, 0.25) is 0 Å². The van der Waals surface area contributed by atoms with Crippen LogP contribution in [0.5, 0.6) is 0 Å². The van der Waals surface area contributed by atoms with Crippen molar-refractivity contribution in [1.82, 2.24) is 15.3 Å². The number of rotatable bonds is 3. The van der Waals surface area contributed by atoms with Gasteiger partial charge in [-0.2, -0.15) is 0 Å². The number of carboxylic acid groups (broad SMARTS) is 1. The van der Waals surface area contributed by atoms with Crippen LogP contribution in [0.15, 0.2) is 30.3 Å². The van der Waals surface area contributed by atoms with E-state index < -0.39 is 17.7 Å². The number of nitrogens with one attached hydrogen (secondary N) is 1. The van der Waals surface area contributed by atoms with Crippen LogP contribution < -0.4 is 5.43 Å². The van der Waals surface area contributed by atoms with Crippen molar-refractivity contribution in [2.45, 2.75) is 25.8 Å². The maximum atomic E-state index is 11.7. The highest BCUT2D eigenvalue weighted by molar-refractivity contribution is 5.77. The lowest BCUT2D eigenvalue weighted by Crippen LogP contribution is -2.59. The second kappa shape index (κ2) is 6.27. The van der Waals surface area contributed by atoms with E-state index in [-0.39, 0.29) is 0 Å². The quantitative estimate of drug-likeness (QED) is 0.833. The number of hydrazine groups is 1. The Bertz CT molecular complexity index is 472. The number of amides is 3. The van der Waals surface area contributed by atoms with Crippen molar-refractivity contribution in [3.63, 3.8) is 0 Å². The monoisotopic (exact) mass is 279 g/mol. The summed E-state index contributed by atoms with van der Waals surface area (Å²) < 4.78 is 0. The predicted molar refractivity (Wildman–Crippen MR) is 76.3 cm³/mol. The fraction of sp³-hybridized carbons (Fsp3) is 0.429. The van der Waals surface area contributed by atoms with E-state index in [0.29, 0.717) is 6.42 Å². The first-order chi connectivity index (χ1) is 9.24.